The topological polar surface area (TPSA) is 114 Å². The summed E-state index contributed by atoms with van der Waals surface area (Å²) in [6.07, 6.45) is 4.28. The number of hydrogen-bond acceptors (Lipinski definition) is 8. The van der Waals surface area contributed by atoms with E-state index >= 15 is 0 Å². The maximum Gasteiger partial charge on any atom is 0.232 e. The molecule has 0 aliphatic carbocycles. The van der Waals surface area contributed by atoms with Crippen LogP contribution >= 0.6 is 0 Å². The molecule has 0 spiro atoms. The number of fused-ring (bicyclic) bond motifs is 1. The van der Waals surface area contributed by atoms with Crippen molar-refractivity contribution in [1.82, 2.24) is 24.8 Å². The van der Waals surface area contributed by atoms with E-state index in [9.17, 15) is 0 Å². The van der Waals surface area contributed by atoms with E-state index in [0.29, 0.717) is 30.0 Å². The van der Waals surface area contributed by atoms with E-state index in [0.717, 1.165) is 42.9 Å². The Hall–Kier alpha value is -3.85. The fourth-order valence-electron chi connectivity index (χ4n) is 4.62. The number of aromatic amines is 1. The monoisotopic (exact) mass is 459 g/mol. The van der Waals surface area contributed by atoms with Gasteiger partial charge in [0.25, 0.3) is 0 Å². The average molecular weight is 460 g/mol. The van der Waals surface area contributed by atoms with Gasteiger partial charge in [0.05, 0.1) is 26.5 Å². The minimum absolute atomic E-state index is 0.199. The summed E-state index contributed by atoms with van der Waals surface area (Å²) in [6.45, 7) is 2.55. The summed E-state index contributed by atoms with van der Waals surface area (Å²) >= 11 is 0. The van der Waals surface area contributed by atoms with Crippen LogP contribution in [-0.2, 0) is 6.54 Å². The Morgan fingerprint density at radius 1 is 1.06 bits per heavy atom. The van der Waals surface area contributed by atoms with E-state index in [1.54, 1.807) is 14.2 Å². The van der Waals surface area contributed by atoms with E-state index in [-0.39, 0.29) is 5.95 Å². The third-order valence-electron chi connectivity index (χ3n) is 6.37. The largest absolute Gasteiger partial charge is 0.497 e. The van der Waals surface area contributed by atoms with Gasteiger partial charge in [0.2, 0.25) is 11.9 Å². The van der Waals surface area contributed by atoms with Gasteiger partial charge in [-0.15, -0.1) is 0 Å². The zero-order valence-electron chi connectivity index (χ0n) is 19.4. The first kappa shape index (κ1) is 22.0. The standard InChI is InChI=1S/C25H29N7O2/c1-33-17-7-8-20-18(13-17)19(14-27-20)16-9-11-32(12-10-16)15-23-29-24(26)31-25(30-23)28-21-5-3-4-6-22(21)34-2/h3-8,13-14,16,27H,9-12,15H2,1-2H3,(H3,26,28,29,30,31). The van der Waals surface area contributed by atoms with Gasteiger partial charge >= 0.3 is 0 Å². The lowest BCUT2D eigenvalue weighted by molar-refractivity contribution is 0.200. The Labute approximate surface area is 198 Å². The molecule has 0 amide bonds. The number of nitrogen functional groups attached to an aromatic ring is 1. The number of nitrogens with two attached hydrogens (primary N) is 1. The van der Waals surface area contributed by atoms with Crippen molar-refractivity contribution in [3.63, 3.8) is 0 Å². The summed E-state index contributed by atoms with van der Waals surface area (Å²) in [4.78, 5) is 19.0. The van der Waals surface area contributed by atoms with Crippen LogP contribution in [0.4, 0.5) is 17.6 Å². The van der Waals surface area contributed by atoms with E-state index < -0.39 is 0 Å². The van der Waals surface area contributed by atoms with Crippen molar-refractivity contribution in [3.8, 4) is 11.5 Å². The first-order chi connectivity index (χ1) is 16.6. The third kappa shape index (κ3) is 4.60. The Morgan fingerprint density at radius 3 is 2.68 bits per heavy atom. The van der Waals surface area contributed by atoms with Crippen LogP contribution in [0.25, 0.3) is 10.9 Å². The second kappa shape index (κ2) is 9.56. The predicted octanol–water partition coefficient (Wildman–Crippen LogP) is 4.08. The summed E-state index contributed by atoms with van der Waals surface area (Å²) < 4.78 is 10.8. The molecule has 2 aromatic heterocycles. The molecule has 4 aromatic rings. The van der Waals surface area contributed by atoms with E-state index in [2.05, 4.69) is 48.5 Å². The molecular weight excluding hydrogens is 430 g/mol. The lowest BCUT2D eigenvalue weighted by Crippen LogP contribution is -2.33. The second-order valence-electron chi connectivity index (χ2n) is 8.46. The number of anilines is 3. The van der Waals surface area contributed by atoms with Crippen LogP contribution in [-0.4, -0.2) is 52.1 Å². The first-order valence-corrected chi connectivity index (χ1v) is 11.4. The molecule has 9 heteroatoms. The number of H-pyrrole nitrogens is 1. The number of rotatable bonds is 7. The minimum atomic E-state index is 0.199. The van der Waals surface area contributed by atoms with Gasteiger partial charge in [-0.1, -0.05) is 12.1 Å². The number of benzene rings is 2. The van der Waals surface area contributed by atoms with Gasteiger partial charge in [-0.25, -0.2) is 0 Å². The van der Waals surface area contributed by atoms with E-state index in [1.807, 2.05) is 30.3 Å². The molecular formula is C25H29N7O2. The van der Waals surface area contributed by atoms with Crippen LogP contribution in [0.3, 0.4) is 0 Å². The molecule has 0 atom stereocenters. The maximum absolute atomic E-state index is 5.99. The number of likely N-dealkylation sites (tertiary alicyclic amines) is 1. The summed E-state index contributed by atoms with van der Waals surface area (Å²) in [5, 5.41) is 4.44. The predicted molar refractivity (Wildman–Crippen MR) is 133 cm³/mol. The number of piperidine rings is 1. The molecule has 0 radical (unpaired) electrons. The molecule has 9 nitrogen and oxygen atoms in total. The van der Waals surface area contributed by atoms with Gasteiger partial charge in [-0.05, 0) is 67.7 Å². The Morgan fingerprint density at radius 2 is 1.88 bits per heavy atom. The number of hydrogen-bond donors (Lipinski definition) is 3. The van der Waals surface area contributed by atoms with Crippen molar-refractivity contribution in [1.29, 1.82) is 0 Å². The molecule has 3 heterocycles. The number of ether oxygens (including phenoxy) is 2. The van der Waals surface area contributed by atoms with Gasteiger partial charge in [0.1, 0.15) is 17.3 Å². The van der Waals surface area contributed by atoms with Crippen LogP contribution in [0, 0.1) is 0 Å². The molecule has 0 bridgehead atoms. The summed E-state index contributed by atoms with van der Waals surface area (Å²) in [7, 11) is 3.33. The molecule has 0 unspecified atom stereocenters. The summed E-state index contributed by atoms with van der Waals surface area (Å²) in [6, 6.07) is 13.8. The van der Waals surface area contributed by atoms with Crippen molar-refractivity contribution < 1.29 is 9.47 Å². The molecule has 0 saturated carbocycles. The Bertz CT molecular complexity index is 1280. The molecule has 1 aliphatic heterocycles. The quantitative estimate of drug-likeness (QED) is 0.379. The van der Waals surface area contributed by atoms with Crippen LogP contribution in [0.2, 0.25) is 0 Å². The van der Waals surface area contributed by atoms with Gasteiger partial charge in [0, 0.05) is 17.1 Å². The normalized spacial score (nSPS) is 14.9. The Kier molecular flexibility index (Phi) is 6.18. The average Bonchev–Trinajstić information content (AvgIpc) is 3.27. The molecule has 1 saturated heterocycles. The van der Waals surface area contributed by atoms with Crippen LogP contribution in [0.15, 0.2) is 48.7 Å². The summed E-state index contributed by atoms with van der Waals surface area (Å²) in [5.41, 5.74) is 9.27. The molecule has 5 rings (SSSR count). The van der Waals surface area contributed by atoms with Crippen LogP contribution in [0.1, 0.15) is 30.1 Å². The Balaban J connectivity index is 1.25. The summed E-state index contributed by atoms with van der Waals surface area (Å²) in [5.74, 6) is 3.36. The van der Waals surface area contributed by atoms with E-state index in [1.165, 1.54) is 10.9 Å². The minimum Gasteiger partial charge on any atom is -0.497 e. The number of methoxy groups -OCH3 is 2. The molecule has 176 valence electrons. The number of nitrogens with zero attached hydrogens (tertiary/aromatic N) is 4. The number of aromatic nitrogens is 4. The van der Waals surface area contributed by atoms with Crippen molar-refractivity contribution in [3.05, 3.63) is 60.0 Å². The van der Waals surface area contributed by atoms with Crippen LogP contribution < -0.4 is 20.5 Å². The molecule has 2 aromatic carbocycles. The number of para-hydroxylation sites is 2. The molecule has 1 aliphatic rings. The first-order valence-electron chi connectivity index (χ1n) is 11.4. The van der Waals surface area contributed by atoms with Gasteiger partial charge in [-0.3, -0.25) is 4.90 Å². The van der Waals surface area contributed by atoms with Crippen molar-refractivity contribution in [2.24, 2.45) is 0 Å². The highest BCUT2D eigenvalue weighted by atomic mass is 16.5. The lowest BCUT2D eigenvalue weighted by Gasteiger charge is -2.31. The van der Waals surface area contributed by atoms with Crippen LogP contribution in [0.5, 0.6) is 11.5 Å². The van der Waals surface area contributed by atoms with Gasteiger partial charge < -0.3 is 25.5 Å². The smallest absolute Gasteiger partial charge is 0.232 e. The van der Waals surface area contributed by atoms with Gasteiger partial charge in [0.15, 0.2) is 0 Å². The highest BCUT2D eigenvalue weighted by Crippen LogP contribution is 2.35. The number of nitrogens with one attached hydrogen (secondary N) is 2. The van der Waals surface area contributed by atoms with E-state index in [4.69, 9.17) is 15.2 Å². The van der Waals surface area contributed by atoms with Crippen molar-refractivity contribution in [2.45, 2.75) is 25.3 Å². The zero-order chi connectivity index (χ0) is 23.5. The third-order valence-corrected chi connectivity index (χ3v) is 6.37. The van der Waals surface area contributed by atoms with Crippen molar-refractivity contribution in [2.75, 3.05) is 38.4 Å². The van der Waals surface area contributed by atoms with Gasteiger partial charge in [-0.2, -0.15) is 15.0 Å². The van der Waals surface area contributed by atoms with Crippen molar-refractivity contribution >= 4 is 28.5 Å². The fraction of sp³-hybridized carbons (Fsp3) is 0.320. The SMILES string of the molecule is COc1ccc2[nH]cc(C3CCN(Cc4nc(N)nc(Nc5ccccc5OC)n4)CC3)c2c1. The zero-order valence-corrected chi connectivity index (χ0v) is 19.4. The maximum atomic E-state index is 5.99. The lowest BCUT2D eigenvalue weighted by atomic mass is 9.89. The highest BCUT2D eigenvalue weighted by Gasteiger charge is 2.24. The molecule has 4 N–H and O–H groups in total. The molecule has 1 fully saturated rings. The fourth-order valence-corrected chi connectivity index (χ4v) is 4.62. The highest BCUT2D eigenvalue weighted by molar-refractivity contribution is 5.85. The second-order valence-corrected chi connectivity index (χ2v) is 8.46. The molecule has 34 heavy (non-hydrogen) atoms.